The molecule has 2 aromatic carbocycles. The number of likely N-dealkylation sites (tertiary alicyclic amines) is 1. The Balaban J connectivity index is 1.66. The minimum absolute atomic E-state index is 0.123. The van der Waals surface area contributed by atoms with Crippen LogP contribution in [0.1, 0.15) is 6.42 Å². The predicted octanol–water partition coefficient (Wildman–Crippen LogP) is 3.18. The number of hydrogen-bond acceptors (Lipinski definition) is 6. The van der Waals surface area contributed by atoms with Gasteiger partial charge in [0.1, 0.15) is 29.8 Å². The summed E-state index contributed by atoms with van der Waals surface area (Å²) in [7, 11) is 2.07. The molecule has 1 aliphatic rings. The number of halogens is 1. The third kappa shape index (κ3) is 3.25. The average molecular weight is 353 g/mol. The number of benzene rings is 2. The molecule has 1 aliphatic heterocycles. The van der Waals surface area contributed by atoms with Crippen molar-refractivity contribution in [2.75, 3.05) is 31.2 Å². The SMILES string of the molecule is CN1CC[C@@H](Oc2cc3ncnc(Nc4ccccc4F)c3cc2N)C1. The van der Waals surface area contributed by atoms with Crippen molar-refractivity contribution in [1.82, 2.24) is 14.9 Å². The standard InChI is InChI=1S/C19H20FN5O/c1-25-7-6-12(10-25)26-18-9-17-13(8-15(18)21)19(23-11-22-17)24-16-5-3-2-4-14(16)20/h2-5,8-9,11-12H,6-7,10,21H2,1H3,(H,22,23,24)/t12-/m1/s1. The van der Waals surface area contributed by atoms with Gasteiger partial charge >= 0.3 is 0 Å². The van der Waals surface area contributed by atoms with Crippen molar-refractivity contribution >= 4 is 28.1 Å². The average Bonchev–Trinajstić information content (AvgIpc) is 3.03. The van der Waals surface area contributed by atoms with Gasteiger partial charge in [-0.25, -0.2) is 14.4 Å². The maximum absolute atomic E-state index is 13.9. The fourth-order valence-corrected chi connectivity index (χ4v) is 3.16. The highest BCUT2D eigenvalue weighted by Crippen LogP contribution is 2.33. The summed E-state index contributed by atoms with van der Waals surface area (Å²) < 4.78 is 20.0. The minimum Gasteiger partial charge on any atom is -0.487 e. The van der Waals surface area contributed by atoms with Crippen LogP contribution in [-0.2, 0) is 0 Å². The molecule has 0 bridgehead atoms. The molecule has 6 nitrogen and oxygen atoms in total. The van der Waals surface area contributed by atoms with Crippen LogP contribution in [0.15, 0.2) is 42.7 Å². The number of hydrogen-bond donors (Lipinski definition) is 2. The number of nitrogens with two attached hydrogens (primary N) is 1. The number of nitrogens with one attached hydrogen (secondary N) is 1. The Morgan fingerprint density at radius 3 is 2.88 bits per heavy atom. The number of anilines is 3. The molecule has 3 N–H and O–H groups in total. The van der Waals surface area contributed by atoms with E-state index in [9.17, 15) is 4.39 Å². The Bertz CT molecular complexity index is 948. The van der Waals surface area contributed by atoms with Gasteiger partial charge in [-0.1, -0.05) is 12.1 Å². The van der Waals surface area contributed by atoms with E-state index in [1.54, 1.807) is 24.3 Å². The Kier molecular flexibility index (Phi) is 4.30. The Hall–Kier alpha value is -2.93. The molecular weight excluding hydrogens is 333 g/mol. The van der Waals surface area contributed by atoms with Gasteiger partial charge in [-0.2, -0.15) is 0 Å². The van der Waals surface area contributed by atoms with Gasteiger partial charge < -0.3 is 20.7 Å². The van der Waals surface area contributed by atoms with Crippen molar-refractivity contribution in [2.24, 2.45) is 0 Å². The number of fused-ring (bicyclic) bond motifs is 1. The second-order valence-corrected chi connectivity index (χ2v) is 6.53. The second-order valence-electron chi connectivity index (χ2n) is 6.53. The number of para-hydroxylation sites is 1. The van der Waals surface area contributed by atoms with Crippen LogP contribution in [0.3, 0.4) is 0 Å². The summed E-state index contributed by atoms with van der Waals surface area (Å²) in [4.78, 5) is 10.8. The van der Waals surface area contributed by atoms with E-state index in [1.165, 1.54) is 12.4 Å². The van der Waals surface area contributed by atoms with E-state index in [-0.39, 0.29) is 11.9 Å². The first kappa shape index (κ1) is 16.5. The summed E-state index contributed by atoms with van der Waals surface area (Å²) in [6.45, 7) is 1.89. The van der Waals surface area contributed by atoms with Crippen LogP contribution in [0, 0.1) is 5.82 Å². The summed E-state index contributed by atoms with van der Waals surface area (Å²) in [5.41, 5.74) is 7.74. The van der Waals surface area contributed by atoms with Crippen molar-refractivity contribution in [1.29, 1.82) is 0 Å². The molecule has 0 saturated carbocycles. The van der Waals surface area contributed by atoms with Crippen LogP contribution in [0.4, 0.5) is 21.6 Å². The lowest BCUT2D eigenvalue weighted by Crippen LogP contribution is -2.21. The third-order valence-corrected chi connectivity index (χ3v) is 4.54. The van der Waals surface area contributed by atoms with Crippen LogP contribution in [0.5, 0.6) is 5.75 Å². The number of nitrogen functional groups attached to an aromatic ring is 1. The normalized spacial score (nSPS) is 17.5. The van der Waals surface area contributed by atoms with Gasteiger partial charge in [0.25, 0.3) is 0 Å². The first-order valence-corrected chi connectivity index (χ1v) is 8.51. The van der Waals surface area contributed by atoms with Crippen LogP contribution in [0.25, 0.3) is 10.9 Å². The second kappa shape index (κ2) is 6.76. The molecule has 4 rings (SSSR count). The molecule has 7 heteroatoms. The highest BCUT2D eigenvalue weighted by atomic mass is 19.1. The molecule has 0 spiro atoms. The topological polar surface area (TPSA) is 76.3 Å². The monoisotopic (exact) mass is 353 g/mol. The van der Waals surface area contributed by atoms with Gasteiger partial charge in [-0.15, -0.1) is 0 Å². The zero-order chi connectivity index (χ0) is 18.1. The zero-order valence-electron chi connectivity index (χ0n) is 14.4. The van der Waals surface area contributed by atoms with Gasteiger partial charge in [0.2, 0.25) is 0 Å². The van der Waals surface area contributed by atoms with Gasteiger partial charge in [0.15, 0.2) is 0 Å². The summed E-state index contributed by atoms with van der Waals surface area (Å²) in [6.07, 6.45) is 2.53. The summed E-state index contributed by atoms with van der Waals surface area (Å²) in [5, 5.41) is 3.72. The molecule has 0 amide bonds. The Morgan fingerprint density at radius 1 is 1.27 bits per heavy atom. The molecular formula is C19H20FN5O. The van der Waals surface area contributed by atoms with E-state index < -0.39 is 0 Å². The maximum Gasteiger partial charge on any atom is 0.146 e. The van der Waals surface area contributed by atoms with E-state index in [2.05, 4.69) is 27.2 Å². The molecule has 1 aromatic heterocycles. The summed E-state index contributed by atoms with van der Waals surface area (Å²) in [5.74, 6) is 0.768. The van der Waals surface area contributed by atoms with Crippen molar-refractivity contribution in [2.45, 2.75) is 12.5 Å². The molecule has 1 saturated heterocycles. The highest BCUT2D eigenvalue weighted by Gasteiger charge is 2.22. The first-order chi connectivity index (χ1) is 12.6. The van der Waals surface area contributed by atoms with Crippen LogP contribution >= 0.6 is 0 Å². The number of aromatic nitrogens is 2. The first-order valence-electron chi connectivity index (χ1n) is 8.51. The summed E-state index contributed by atoms with van der Waals surface area (Å²) in [6, 6.07) is 10.0. The van der Waals surface area contributed by atoms with Crippen LogP contribution in [-0.4, -0.2) is 41.1 Å². The van der Waals surface area contributed by atoms with E-state index in [0.29, 0.717) is 33.8 Å². The predicted molar refractivity (Wildman–Crippen MR) is 100 cm³/mol. The number of rotatable bonds is 4. The molecule has 2 heterocycles. The number of nitrogens with zero attached hydrogens (tertiary/aromatic N) is 3. The summed E-state index contributed by atoms with van der Waals surface area (Å²) >= 11 is 0. The molecule has 0 radical (unpaired) electrons. The van der Waals surface area contributed by atoms with Gasteiger partial charge in [-0.05, 0) is 31.7 Å². The van der Waals surface area contributed by atoms with Crippen LogP contribution < -0.4 is 15.8 Å². The lowest BCUT2D eigenvalue weighted by atomic mass is 10.2. The van der Waals surface area contributed by atoms with Crippen molar-refractivity contribution < 1.29 is 9.13 Å². The zero-order valence-corrected chi connectivity index (χ0v) is 14.4. The largest absolute Gasteiger partial charge is 0.487 e. The quantitative estimate of drug-likeness (QED) is 0.702. The van der Waals surface area contributed by atoms with Crippen molar-refractivity contribution in [3.05, 3.63) is 48.5 Å². The molecule has 26 heavy (non-hydrogen) atoms. The van der Waals surface area contributed by atoms with Crippen LogP contribution in [0.2, 0.25) is 0 Å². The van der Waals surface area contributed by atoms with E-state index in [4.69, 9.17) is 10.5 Å². The molecule has 1 atom stereocenters. The van der Waals surface area contributed by atoms with Crippen molar-refractivity contribution in [3.8, 4) is 5.75 Å². The molecule has 3 aromatic rings. The molecule has 0 aliphatic carbocycles. The smallest absolute Gasteiger partial charge is 0.146 e. The molecule has 0 unspecified atom stereocenters. The van der Waals surface area contributed by atoms with Crippen molar-refractivity contribution in [3.63, 3.8) is 0 Å². The molecule has 134 valence electrons. The lowest BCUT2D eigenvalue weighted by molar-refractivity contribution is 0.209. The molecule has 1 fully saturated rings. The fourth-order valence-electron chi connectivity index (χ4n) is 3.16. The maximum atomic E-state index is 13.9. The Labute approximate surface area is 150 Å². The lowest BCUT2D eigenvalue weighted by Gasteiger charge is -2.16. The van der Waals surface area contributed by atoms with E-state index >= 15 is 0 Å². The van der Waals surface area contributed by atoms with Gasteiger partial charge in [0.05, 0.1) is 16.9 Å². The highest BCUT2D eigenvalue weighted by molar-refractivity contribution is 5.94. The number of likely N-dealkylation sites (N-methyl/N-ethyl adjacent to an activating group) is 1. The third-order valence-electron chi connectivity index (χ3n) is 4.54. The van der Waals surface area contributed by atoms with E-state index in [0.717, 1.165) is 19.5 Å². The fraction of sp³-hybridized carbons (Fsp3) is 0.263. The van der Waals surface area contributed by atoms with Gasteiger partial charge in [0, 0.05) is 24.5 Å². The van der Waals surface area contributed by atoms with Gasteiger partial charge in [-0.3, -0.25) is 0 Å². The minimum atomic E-state index is -0.349. The Morgan fingerprint density at radius 2 is 2.12 bits per heavy atom. The van der Waals surface area contributed by atoms with E-state index in [1.807, 2.05) is 6.07 Å². The number of ether oxygens (including phenoxy) is 1.